The standard InChI is InChI=1S/C12H5ClFN3/c13-6-3-7-11-8(4-15)9(14)1-2-10(11)17-12(7)16-5-6/h1-3,5H,(H,16,17). The molecule has 0 aliphatic carbocycles. The number of nitrogens with zero attached hydrogens (tertiary/aromatic N) is 2. The van der Waals surface area contributed by atoms with E-state index in [9.17, 15) is 4.39 Å². The monoisotopic (exact) mass is 245 g/mol. The number of nitrogens with one attached hydrogen (secondary N) is 1. The third kappa shape index (κ3) is 1.37. The number of pyridine rings is 1. The van der Waals surface area contributed by atoms with Crippen molar-refractivity contribution >= 4 is 33.5 Å². The quantitative estimate of drug-likeness (QED) is 0.660. The third-order valence-electron chi connectivity index (χ3n) is 2.64. The van der Waals surface area contributed by atoms with Gasteiger partial charge in [0, 0.05) is 22.5 Å². The van der Waals surface area contributed by atoms with Crippen LogP contribution in [0.4, 0.5) is 4.39 Å². The van der Waals surface area contributed by atoms with Crippen molar-refractivity contribution in [2.45, 2.75) is 0 Å². The van der Waals surface area contributed by atoms with Gasteiger partial charge >= 0.3 is 0 Å². The summed E-state index contributed by atoms with van der Waals surface area (Å²) in [6.07, 6.45) is 1.50. The Kier molecular flexibility index (Phi) is 2.03. The highest BCUT2D eigenvalue weighted by atomic mass is 35.5. The van der Waals surface area contributed by atoms with E-state index < -0.39 is 5.82 Å². The van der Waals surface area contributed by atoms with Crippen molar-refractivity contribution < 1.29 is 4.39 Å². The number of aromatic amines is 1. The van der Waals surface area contributed by atoms with Gasteiger partial charge in [-0.1, -0.05) is 11.6 Å². The zero-order valence-corrected chi connectivity index (χ0v) is 9.22. The molecule has 3 nitrogen and oxygen atoms in total. The van der Waals surface area contributed by atoms with Gasteiger partial charge in [0.1, 0.15) is 17.5 Å². The van der Waals surface area contributed by atoms with Crippen LogP contribution in [0.15, 0.2) is 24.4 Å². The molecule has 0 bridgehead atoms. The Morgan fingerprint density at radius 3 is 3.00 bits per heavy atom. The molecule has 0 radical (unpaired) electrons. The highest BCUT2D eigenvalue weighted by molar-refractivity contribution is 6.31. The van der Waals surface area contributed by atoms with Crippen LogP contribution < -0.4 is 0 Å². The Morgan fingerprint density at radius 1 is 1.41 bits per heavy atom. The van der Waals surface area contributed by atoms with Crippen LogP contribution in [0.5, 0.6) is 0 Å². The minimum Gasteiger partial charge on any atom is -0.339 e. The van der Waals surface area contributed by atoms with Crippen molar-refractivity contribution in [2.75, 3.05) is 0 Å². The Bertz CT molecular complexity index is 786. The molecule has 0 spiro atoms. The van der Waals surface area contributed by atoms with Crippen molar-refractivity contribution in [1.82, 2.24) is 9.97 Å². The van der Waals surface area contributed by atoms with Crippen LogP contribution in [0.1, 0.15) is 5.56 Å². The predicted molar refractivity (Wildman–Crippen MR) is 63.3 cm³/mol. The molecule has 0 atom stereocenters. The fourth-order valence-corrected chi connectivity index (χ4v) is 2.09. The van der Waals surface area contributed by atoms with Crippen LogP contribution in [0.25, 0.3) is 21.9 Å². The minimum absolute atomic E-state index is 0.0119. The van der Waals surface area contributed by atoms with Crippen LogP contribution in [0, 0.1) is 17.1 Å². The van der Waals surface area contributed by atoms with Gasteiger partial charge in [-0.15, -0.1) is 0 Å². The Hall–Kier alpha value is -2.12. The SMILES string of the molecule is N#Cc1c(F)ccc2[nH]c3ncc(Cl)cc3c12. The smallest absolute Gasteiger partial charge is 0.141 e. The summed E-state index contributed by atoms with van der Waals surface area (Å²) in [5.41, 5.74) is 1.28. The molecule has 0 fully saturated rings. The summed E-state index contributed by atoms with van der Waals surface area (Å²) in [5.74, 6) is -0.541. The molecular formula is C12H5ClFN3. The fraction of sp³-hybridized carbons (Fsp3) is 0. The number of halogens is 2. The van der Waals surface area contributed by atoms with Crippen LogP contribution in [-0.2, 0) is 0 Å². The van der Waals surface area contributed by atoms with Gasteiger partial charge in [-0.05, 0) is 18.2 Å². The van der Waals surface area contributed by atoms with Crippen LogP contribution >= 0.6 is 11.6 Å². The molecule has 1 N–H and O–H groups in total. The van der Waals surface area contributed by atoms with E-state index in [1.54, 1.807) is 12.1 Å². The molecule has 1 aromatic carbocycles. The molecule has 0 saturated heterocycles. The van der Waals surface area contributed by atoms with Gasteiger partial charge in [0.2, 0.25) is 0 Å². The molecule has 3 rings (SSSR count). The van der Waals surface area contributed by atoms with Crippen molar-refractivity contribution in [3.8, 4) is 6.07 Å². The van der Waals surface area contributed by atoms with E-state index in [2.05, 4.69) is 9.97 Å². The Morgan fingerprint density at radius 2 is 2.24 bits per heavy atom. The maximum absolute atomic E-state index is 13.5. The zero-order valence-electron chi connectivity index (χ0n) is 8.46. The predicted octanol–water partition coefficient (Wildman–Crippen LogP) is 3.38. The number of fused-ring (bicyclic) bond motifs is 3. The summed E-state index contributed by atoms with van der Waals surface area (Å²) in [5, 5.41) is 10.6. The van der Waals surface area contributed by atoms with E-state index in [-0.39, 0.29) is 5.56 Å². The average Bonchev–Trinajstić information content (AvgIpc) is 2.67. The largest absolute Gasteiger partial charge is 0.339 e. The minimum atomic E-state index is -0.541. The van der Waals surface area contributed by atoms with E-state index in [1.165, 1.54) is 12.3 Å². The molecule has 5 heteroatoms. The lowest BCUT2D eigenvalue weighted by Gasteiger charge is -1.96. The first-order chi connectivity index (χ1) is 8.20. The first kappa shape index (κ1) is 10.1. The number of aromatic nitrogens is 2. The summed E-state index contributed by atoms with van der Waals surface area (Å²) in [7, 11) is 0. The molecule has 0 unspecified atom stereocenters. The molecule has 3 aromatic rings. The Balaban J connectivity index is 2.62. The number of hydrogen-bond acceptors (Lipinski definition) is 2. The molecular weight excluding hydrogens is 241 g/mol. The van der Waals surface area contributed by atoms with Gasteiger partial charge in [-0.2, -0.15) is 5.26 Å². The normalized spacial score (nSPS) is 10.9. The van der Waals surface area contributed by atoms with Gasteiger partial charge in [-0.25, -0.2) is 9.37 Å². The lowest BCUT2D eigenvalue weighted by Crippen LogP contribution is -1.84. The average molecular weight is 246 g/mol. The molecule has 2 heterocycles. The molecule has 0 aliphatic heterocycles. The summed E-state index contributed by atoms with van der Waals surface area (Å²) < 4.78 is 13.5. The van der Waals surface area contributed by atoms with Crippen molar-refractivity contribution in [3.05, 3.63) is 40.8 Å². The van der Waals surface area contributed by atoms with Crippen LogP contribution in [0.3, 0.4) is 0 Å². The van der Waals surface area contributed by atoms with Crippen LogP contribution in [0.2, 0.25) is 5.02 Å². The summed E-state index contributed by atoms with van der Waals surface area (Å²) in [4.78, 5) is 7.12. The Labute approximate surface area is 100 Å². The second kappa shape index (κ2) is 3.44. The van der Waals surface area contributed by atoms with Gasteiger partial charge in [-0.3, -0.25) is 0 Å². The first-order valence-corrected chi connectivity index (χ1v) is 5.24. The number of benzene rings is 1. The number of rotatable bonds is 0. The maximum atomic E-state index is 13.5. The van der Waals surface area contributed by atoms with Crippen molar-refractivity contribution in [1.29, 1.82) is 5.26 Å². The van der Waals surface area contributed by atoms with Gasteiger partial charge in [0.15, 0.2) is 0 Å². The molecule has 82 valence electrons. The fourth-order valence-electron chi connectivity index (χ4n) is 1.93. The number of nitriles is 1. The van der Waals surface area contributed by atoms with Gasteiger partial charge in [0.05, 0.1) is 10.6 Å². The van der Waals surface area contributed by atoms with Gasteiger partial charge < -0.3 is 4.98 Å². The summed E-state index contributed by atoms with van der Waals surface area (Å²) in [6, 6.07) is 6.39. The topological polar surface area (TPSA) is 52.5 Å². The third-order valence-corrected chi connectivity index (χ3v) is 2.85. The second-order valence-electron chi connectivity index (χ2n) is 3.63. The molecule has 2 aromatic heterocycles. The lowest BCUT2D eigenvalue weighted by atomic mass is 10.1. The van der Waals surface area contributed by atoms with E-state index in [1.807, 2.05) is 6.07 Å². The second-order valence-corrected chi connectivity index (χ2v) is 4.07. The van der Waals surface area contributed by atoms with Crippen LogP contribution in [-0.4, -0.2) is 9.97 Å². The summed E-state index contributed by atoms with van der Waals surface area (Å²) >= 11 is 5.86. The highest BCUT2D eigenvalue weighted by Crippen LogP contribution is 2.30. The van der Waals surface area contributed by atoms with E-state index in [0.29, 0.717) is 27.0 Å². The van der Waals surface area contributed by atoms with E-state index in [4.69, 9.17) is 16.9 Å². The van der Waals surface area contributed by atoms with Crippen molar-refractivity contribution in [2.24, 2.45) is 0 Å². The molecule has 0 saturated carbocycles. The lowest BCUT2D eigenvalue weighted by molar-refractivity contribution is 0.626. The highest BCUT2D eigenvalue weighted by Gasteiger charge is 2.13. The first-order valence-electron chi connectivity index (χ1n) is 4.86. The van der Waals surface area contributed by atoms with Gasteiger partial charge in [0.25, 0.3) is 0 Å². The van der Waals surface area contributed by atoms with E-state index in [0.717, 1.165) is 0 Å². The molecule has 0 aliphatic rings. The summed E-state index contributed by atoms with van der Waals surface area (Å²) in [6.45, 7) is 0. The van der Waals surface area contributed by atoms with Crippen molar-refractivity contribution in [3.63, 3.8) is 0 Å². The molecule has 0 amide bonds. The number of H-pyrrole nitrogens is 1. The zero-order chi connectivity index (χ0) is 12.0. The maximum Gasteiger partial charge on any atom is 0.141 e. The van der Waals surface area contributed by atoms with E-state index >= 15 is 0 Å². The molecule has 17 heavy (non-hydrogen) atoms. The number of hydrogen-bond donors (Lipinski definition) is 1.